The molecule has 0 saturated heterocycles. The van der Waals surface area contributed by atoms with Gasteiger partial charge in [-0.05, 0) is 37.1 Å². The van der Waals surface area contributed by atoms with Gasteiger partial charge in [0.2, 0.25) is 0 Å². The summed E-state index contributed by atoms with van der Waals surface area (Å²) in [4.78, 5) is 8.99. The topological polar surface area (TPSA) is 81.5 Å². The van der Waals surface area contributed by atoms with E-state index >= 15 is 0 Å². The molecule has 0 radical (unpaired) electrons. The molecular weight excluding hydrogens is 371 g/mol. The van der Waals surface area contributed by atoms with Gasteiger partial charge in [-0.25, -0.2) is 9.37 Å². The molecule has 1 atom stereocenters. The number of aryl methyl sites for hydroxylation is 1. The summed E-state index contributed by atoms with van der Waals surface area (Å²) >= 11 is 0. The van der Waals surface area contributed by atoms with Crippen molar-refractivity contribution in [2.24, 2.45) is 0 Å². The van der Waals surface area contributed by atoms with Crippen LogP contribution in [-0.4, -0.2) is 36.6 Å². The first kappa shape index (κ1) is 17.5. The number of H-pyrrole nitrogens is 1. The van der Waals surface area contributed by atoms with Crippen LogP contribution >= 0.6 is 0 Å². The van der Waals surface area contributed by atoms with Gasteiger partial charge >= 0.3 is 0 Å². The molecular formula is C21H19FN6O. The Balaban J connectivity index is 1.39. The van der Waals surface area contributed by atoms with Gasteiger partial charge < -0.3 is 9.30 Å². The van der Waals surface area contributed by atoms with Crippen molar-refractivity contribution < 1.29 is 9.13 Å². The Kier molecular flexibility index (Phi) is 4.31. The van der Waals surface area contributed by atoms with Crippen molar-refractivity contribution in [2.75, 3.05) is 6.61 Å². The minimum atomic E-state index is -0.275. The van der Waals surface area contributed by atoms with Crippen LogP contribution in [0.2, 0.25) is 0 Å². The summed E-state index contributed by atoms with van der Waals surface area (Å²) in [5, 5.41) is 10.9. The maximum atomic E-state index is 13.5. The summed E-state index contributed by atoms with van der Waals surface area (Å²) in [6.07, 6.45) is 6.43. The molecule has 1 aliphatic heterocycles. The molecule has 3 aromatic heterocycles. The standard InChI is InChI=1S/C21H19FN6O/c1-13-21(26-27-25-13)14-4-6-23-18(8-14)19-11-28(12-24-19)10-15-5-7-29-20-9-16(22)2-3-17(15)20/h2-4,6,8-9,11-12,15H,5,7,10H2,1H3,(H,25,26,27)/t15-/m1/s1. The lowest BCUT2D eigenvalue weighted by Gasteiger charge is -2.26. The first-order valence-electron chi connectivity index (χ1n) is 9.45. The number of rotatable bonds is 4. The number of benzene rings is 1. The van der Waals surface area contributed by atoms with Gasteiger partial charge in [0.05, 0.1) is 24.3 Å². The second-order valence-corrected chi connectivity index (χ2v) is 7.16. The summed E-state index contributed by atoms with van der Waals surface area (Å²) in [7, 11) is 0. The zero-order valence-electron chi connectivity index (χ0n) is 15.8. The van der Waals surface area contributed by atoms with Crippen LogP contribution in [0.3, 0.4) is 0 Å². The molecule has 4 aromatic rings. The van der Waals surface area contributed by atoms with Crippen molar-refractivity contribution in [2.45, 2.75) is 25.8 Å². The summed E-state index contributed by atoms with van der Waals surface area (Å²) in [6, 6.07) is 8.63. The molecule has 1 N–H and O–H groups in total. The third-order valence-electron chi connectivity index (χ3n) is 5.22. The average molecular weight is 390 g/mol. The number of pyridine rings is 1. The van der Waals surface area contributed by atoms with E-state index in [2.05, 4.69) is 25.4 Å². The number of imidazole rings is 1. The molecule has 0 bridgehead atoms. The highest BCUT2D eigenvalue weighted by atomic mass is 19.1. The fraction of sp³-hybridized carbons (Fsp3) is 0.238. The molecule has 0 saturated carbocycles. The van der Waals surface area contributed by atoms with E-state index in [0.717, 1.165) is 46.9 Å². The largest absolute Gasteiger partial charge is 0.493 e. The fourth-order valence-corrected chi connectivity index (χ4v) is 3.75. The van der Waals surface area contributed by atoms with Crippen molar-refractivity contribution in [3.05, 3.63) is 66.1 Å². The van der Waals surface area contributed by atoms with Gasteiger partial charge in [-0.2, -0.15) is 15.4 Å². The Morgan fingerprint density at radius 3 is 2.97 bits per heavy atom. The number of aromatic amines is 1. The van der Waals surface area contributed by atoms with E-state index in [1.54, 1.807) is 6.20 Å². The van der Waals surface area contributed by atoms with Crippen molar-refractivity contribution >= 4 is 0 Å². The lowest BCUT2D eigenvalue weighted by atomic mass is 9.93. The molecule has 4 heterocycles. The highest BCUT2D eigenvalue weighted by molar-refractivity contribution is 5.67. The minimum absolute atomic E-state index is 0.249. The number of ether oxygens (including phenoxy) is 1. The molecule has 1 aliphatic rings. The first-order valence-corrected chi connectivity index (χ1v) is 9.45. The third kappa shape index (κ3) is 3.37. The highest BCUT2D eigenvalue weighted by Crippen LogP contribution is 2.35. The Bertz CT molecular complexity index is 1170. The van der Waals surface area contributed by atoms with E-state index in [-0.39, 0.29) is 11.7 Å². The van der Waals surface area contributed by atoms with Crippen molar-refractivity contribution in [1.29, 1.82) is 0 Å². The molecule has 5 rings (SSSR count). The minimum Gasteiger partial charge on any atom is -0.493 e. The fourth-order valence-electron chi connectivity index (χ4n) is 3.75. The Morgan fingerprint density at radius 1 is 1.17 bits per heavy atom. The molecule has 0 spiro atoms. The van der Waals surface area contributed by atoms with Crippen molar-refractivity contribution in [1.82, 2.24) is 29.9 Å². The van der Waals surface area contributed by atoms with Gasteiger partial charge in [0.15, 0.2) is 0 Å². The molecule has 7 nitrogen and oxygen atoms in total. The van der Waals surface area contributed by atoms with E-state index in [9.17, 15) is 4.39 Å². The predicted molar refractivity (Wildman–Crippen MR) is 105 cm³/mol. The molecule has 0 amide bonds. The third-order valence-corrected chi connectivity index (χ3v) is 5.22. The first-order chi connectivity index (χ1) is 14.2. The van der Waals surface area contributed by atoms with Gasteiger partial charge in [-0.15, -0.1) is 0 Å². The molecule has 1 aromatic carbocycles. The van der Waals surface area contributed by atoms with Crippen molar-refractivity contribution in [3.63, 3.8) is 0 Å². The number of aromatic nitrogens is 6. The van der Waals surface area contributed by atoms with Crippen LogP contribution in [0.15, 0.2) is 49.1 Å². The number of nitrogens with one attached hydrogen (secondary N) is 1. The summed E-state index contributed by atoms with van der Waals surface area (Å²) in [5.74, 6) is 0.611. The van der Waals surface area contributed by atoms with Crippen LogP contribution in [0.1, 0.15) is 23.6 Å². The second kappa shape index (κ2) is 7.12. The summed E-state index contributed by atoms with van der Waals surface area (Å²) in [5.41, 5.74) is 5.18. The van der Waals surface area contributed by atoms with Gasteiger partial charge in [0.1, 0.15) is 23.0 Å². The number of nitrogens with zero attached hydrogens (tertiary/aromatic N) is 5. The molecule has 0 unspecified atom stereocenters. The number of hydrogen-bond acceptors (Lipinski definition) is 5. The summed E-state index contributed by atoms with van der Waals surface area (Å²) < 4.78 is 21.2. The molecule has 0 aliphatic carbocycles. The van der Waals surface area contributed by atoms with Gasteiger partial charge in [0.25, 0.3) is 0 Å². The van der Waals surface area contributed by atoms with Crippen LogP contribution in [-0.2, 0) is 6.54 Å². The maximum Gasteiger partial charge on any atom is 0.126 e. The van der Waals surface area contributed by atoms with Crippen LogP contribution in [0.5, 0.6) is 5.75 Å². The second-order valence-electron chi connectivity index (χ2n) is 7.16. The van der Waals surface area contributed by atoms with Crippen molar-refractivity contribution in [3.8, 4) is 28.4 Å². The lowest BCUT2D eigenvalue weighted by Crippen LogP contribution is -2.18. The van der Waals surface area contributed by atoms with Crippen LogP contribution in [0.4, 0.5) is 4.39 Å². The average Bonchev–Trinajstić information content (AvgIpc) is 3.37. The summed E-state index contributed by atoms with van der Waals surface area (Å²) in [6.45, 7) is 3.24. The Hall–Kier alpha value is -3.55. The lowest BCUT2D eigenvalue weighted by molar-refractivity contribution is 0.257. The normalized spacial score (nSPS) is 15.7. The highest BCUT2D eigenvalue weighted by Gasteiger charge is 2.22. The zero-order valence-corrected chi connectivity index (χ0v) is 15.8. The van der Waals surface area contributed by atoms with E-state index in [0.29, 0.717) is 12.4 Å². The van der Waals surface area contributed by atoms with Gasteiger partial charge in [-0.3, -0.25) is 4.98 Å². The van der Waals surface area contributed by atoms with Gasteiger partial charge in [-0.1, -0.05) is 6.07 Å². The van der Waals surface area contributed by atoms with E-state index in [1.807, 2.05) is 42.2 Å². The molecule has 146 valence electrons. The smallest absolute Gasteiger partial charge is 0.126 e. The molecule has 0 fully saturated rings. The predicted octanol–water partition coefficient (Wildman–Crippen LogP) is 3.74. The molecule has 29 heavy (non-hydrogen) atoms. The van der Waals surface area contributed by atoms with E-state index < -0.39 is 0 Å². The quantitative estimate of drug-likeness (QED) is 0.574. The Labute approximate surface area is 166 Å². The SMILES string of the molecule is Cc1n[nH]nc1-c1ccnc(-c2cn(C[C@H]3CCOc4cc(F)ccc43)cn2)c1. The zero-order chi connectivity index (χ0) is 19.8. The molecule has 8 heteroatoms. The van der Waals surface area contributed by atoms with Crippen LogP contribution in [0.25, 0.3) is 22.6 Å². The number of fused-ring (bicyclic) bond motifs is 1. The Morgan fingerprint density at radius 2 is 2.10 bits per heavy atom. The monoisotopic (exact) mass is 390 g/mol. The van der Waals surface area contributed by atoms with Gasteiger partial charge in [0, 0.05) is 36.5 Å². The van der Waals surface area contributed by atoms with Crippen LogP contribution < -0.4 is 4.74 Å². The van der Waals surface area contributed by atoms with E-state index in [1.165, 1.54) is 12.1 Å². The van der Waals surface area contributed by atoms with E-state index in [4.69, 9.17) is 4.74 Å². The number of halogens is 1. The van der Waals surface area contributed by atoms with Crippen LogP contribution in [0, 0.1) is 12.7 Å². The maximum absolute atomic E-state index is 13.5. The number of hydrogen-bond donors (Lipinski definition) is 1.